The van der Waals surface area contributed by atoms with Crippen LogP contribution in [0.1, 0.15) is 23.0 Å². The number of rotatable bonds is 7. The maximum absolute atomic E-state index is 14.9. The van der Waals surface area contributed by atoms with E-state index in [9.17, 15) is 9.18 Å². The Morgan fingerprint density at radius 2 is 2.17 bits per heavy atom. The number of nitrogens with one attached hydrogen (secondary N) is 1. The largest absolute Gasteiger partial charge is 0.496 e. The molecule has 0 spiro atoms. The number of amides is 1. The standard InChI is InChI=1S/C20H18ClFN4O3S/c1-4-5-8-29-20-26-25-19(30-20)24-18(27)13-10-23-11(2)9-12(13)16-15(28-3)7-6-14(21)17(16)22/h4-7,9-10H,8H2,1-3H3,(H,24,25,27)/b5-4+. The van der Waals surface area contributed by atoms with Crippen LogP contribution >= 0.6 is 22.9 Å². The van der Waals surface area contributed by atoms with Crippen LogP contribution in [0.3, 0.4) is 0 Å². The number of pyridine rings is 1. The first kappa shape index (κ1) is 21.7. The summed E-state index contributed by atoms with van der Waals surface area (Å²) in [5, 5.41) is 10.9. The minimum absolute atomic E-state index is 0.0771. The average Bonchev–Trinajstić information content (AvgIpc) is 3.17. The number of hydrogen-bond acceptors (Lipinski definition) is 7. The fourth-order valence-electron chi connectivity index (χ4n) is 2.60. The van der Waals surface area contributed by atoms with E-state index in [4.69, 9.17) is 21.1 Å². The van der Waals surface area contributed by atoms with Crippen molar-refractivity contribution in [1.29, 1.82) is 0 Å². The van der Waals surface area contributed by atoms with Crippen molar-refractivity contribution >= 4 is 34.0 Å². The molecule has 10 heteroatoms. The van der Waals surface area contributed by atoms with Crippen LogP contribution < -0.4 is 14.8 Å². The number of aromatic nitrogens is 3. The number of methoxy groups -OCH3 is 1. The van der Waals surface area contributed by atoms with Crippen molar-refractivity contribution in [3.05, 3.63) is 58.6 Å². The van der Waals surface area contributed by atoms with E-state index >= 15 is 0 Å². The first-order chi connectivity index (χ1) is 14.4. The van der Waals surface area contributed by atoms with Crippen molar-refractivity contribution in [1.82, 2.24) is 15.2 Å². The topological polar surface area (TPSA) is 86.2 Å². The Hall–Kier alpha value is -3.04. The number of carbonyl (C=O) groups excluding carboxylic acids is 1. The molecule has 156 valence electrons. The molecule has 0 radical (unpaired) electrons. The summed E-state index contributed by atoms with van der Waals surface area (Å²) in [5.41, 5.74) is 1.10. The molecule has 0 aliphatic rings. The molecule has 2 heterocycles. The highest BCUT2D eigenvalue weighted by molar-refractivity contribution is 7.17. The van der Waals surface area contributed by atoms with Crippen molar-refractivity contribution in [2.24, 2.45) is 0 Å². The summed E-state index contributed by atoms with van der Waals surface area (Å²) in [5.74, 6) is -0.978. The minimum Gasteiger partial charge on any atom is -0.496 e. The Kier molecular flexibility index (Phi) is 6.96. The van der Waals surface area contributed by atoms with E-state index in [1.54, 1.807) is 13.0 Å². The van der Waals surface area contributed by atoms with Crippen LogP contribution in [0.2, 0.25) is 5.02 Å². The van der Waals surface area contributed by atoms with Crippen molar-refractivity contribution in [2.45, 2.75) is 13.8 Å². The van der Waals surface area contributed by atoms with E-state index in [0.717, 1.165) is 11.3 Å². The lowest BCUT2D eigenvalue weighted by Gasteiger charge is -2.14. The lowest BCUT2D eigenvalue weighted by molar-refractivity contribution is 0.102. The Bertz CT molecular complexity index is 1100. The van der Waals surface area contributed by atoms with Crippen LogP contribution in [0.5, 0.6) is 10.9 Å². The molecule has 30 heavy (non-hydrogen) atoms. The van der Waals surface area contributed by atoms with Crippen molar-refractivity contribution in [3.8, 4) is 22.1 Å². The van der Waals surface area contributed by atoms with Gasteiger partial charge in [-0.15, -0.1) is 5.10 Å². The van der Waals surface area contributed by atoms with Crippen LogP contribution in [0.25, 0.3) is 11.1 Å². The van der Waals surface area contributed by atoms with Gasteiger partial charge in [-0.05, 0) is 43.4 Å². The second-order valence-corrected chi connectivity index (χ2v) is 7.36. The number of benzene rings is 1. The zero-order valence-corrected chi connectivity index (χ0v) is 18.0. The predicted octanol–water partition coefficient (Wildman–Crippen LogP) is 4.92. The van der Waals surface area contributed by atoms with E-state index in [0.29, 0.717) is 23.1 Å². The third-order valence-corrected chi connectivity index (χ3v) is 5.04. The van der Waals surface area contributed by atoms with Gasteiger partial charge in [-0.3, -0.25) is 15.1 Å². The second kappa shape index (κ2) is 9.64. The van der Waals surface area contributed by atoms with E-state index in [2.05, 4.69) is 20.5 Å². The number of halogens is 2. The number of nitrogens with zero attached hydrogens (tertiary/aromatic N) is 3. The maximum atomic E-state index is 14.9. The van der Waals surface area contributed by atoms with Gasteiger partial charge < -0.3 is 9.47 Å². The SMILES string of the molecule is C/C=C/COc1nnc(NC(=O)c2cnc(C)cc2-c2c(OC)ccc(Cl)c2F)s1. The number of anilines is 1. The van der Waals surface area contributed by atoms with Crippen LogP contribution in [0.15, 0.2) is 36.5 Å². The lowest BCUT2D eigenvalue weighted by atomic mass is 9.98. The summed E-state index contributed by atoms with van der Waals surface area (Å²) in [6.45, 7) is 3.96. The molecule has 3 rings (SSSR count). The summed E-state index contributed by atoms with van der Waals surface area (Å²) in [6.07, 6.45) is 5.03. The van der Waals surface area contributed by atoms with Gasteiger partial charge in [0.25, 0.3) is 11.1 Å². The summed E-state index contributed by atoms with van der Waals surface area (Å²) >= 11 is 7.04. The smallest absolute Gasteiger partial charge is 0.296 e. The fourth-order valence-corrected chi connectivity index (χ4v) is 3.36. The third-order valence-electron chi connectivity index (χ3n) is 4.00. The quantitative estimate of drug-likeness (QED) is 0.516. The molecule has 1 amide bonds. The average molecular weight is 449 g/mol. The monoisotopic (exact) mass is 448 g/mol. The first-order valence-corrected chi connectivity index (χ1v) is 10.0. The van der Waals surface area contributed by atoms with Crippen LogP contribution in [0, 0.1) is 12.7 Å². The van der Waals surface area contributed by atoms with Gasteiger partial charge in [-0.1, -0.05) is 28.9 Å². The zero-order chi connectivity index (χ0) is 21.7. The van der Waals surface area contributed by atoms with Gasteiger partial charge in [0.15, 0.2) is 5.82 Å². The second-order valence-electron chi connectivity index (χ2n) is 6.02. The number of aryl methyl sites for hydroxylation is 1. The molecular weight excluding hydrogens is 431 g/mol. The highest BCUT2D eigenvalue weighted by Crippen LogP contribution is 2.38. The van der Waals surface area contributed by atoms with Gasteiger partial charge >= 0.3 is 0 Å². The third kappa shape index (κ3) is 4.74. The van der Waals surface area contributed by atoms with Crippen molar-refractivity contribution in [2.75, 3.05) is 19.0 Å². The molecule has 0 unspecified atom stereocenters. The fraction of sp³-hybridized carbons (Fsp3) is 0.200. The van der Waals surface area contributed by atoms with Gasteiger partial charge in [0.2, 0.25) is 5.13 Å². The normalized spacial score (nSPS) is 11.0. The Morgan fingerprint density at radius 1 is 1.37 bits per heavy atom. The van der Waals surface area contributed by atoms with E-state index in [1.165, 1.54) is 25.4 Å². The van der Waals surface area contributed by atoms with Crippen LogP contribution in [0.4, 0.5) is 9.52 Å². The number of carbonyl (C=O) groups is 1. The van der Waals surface area contributed by atoms with Crippen molar-refractivity contribution < 1.29 is 18.7 Å². The van der Waals surface area contributed by atoms with Gasteiger partial charge in [-0.2, -0.15) is 0 Å². The summed E-state index contributed by atoms with van der Waals surface area (Å²) < 4.78 is 25.6. The number of ether oxygens (including phenoxy) is 2. The van der Waals surface area contributed by atoms with Crippen LogP contribution in [-0.2, 0) is 0 Å². The van der Waals surface area contributed by atoms with Gasteiger partial charge in [0.05, 0.1) is 23.3 Å². The Labute approximate surface area is 181 Å². The molecular formula is C20H18ClFN4O3S. The summed E-state index contributed by atoms with van der Waals surface area (Å²) in [7, 11) is 1.41. The zero-order valence-electron chi connectivity index (χ0n) is 16.4. The van der Waals surface area contributed by atoms with Gasteiger partial charge in [0, 0.05) is 17.5 Å². The predicted molar refractivity (Wildman–Crippen MR) is 114 cm³/mol. The molecule has 0 atom stereocenters. The number of allylic oxidation sites excluding steroid dienone is 1. The van der Waals surface area contributed by atoms with E-state index in [1.807, 2.05) is 19.1 Å². The molecule has 0 saturated carbocycles. The van der Waals surface area contributed by atoms with Gasteiger partial charge in [0.1, 0.15) is 12.4 Å². The molecule has 3 aromatic rings. The summed E-state index contributed by atoms with van der Waals surface area (Å²) in [6, 6.07) is 4.53. The molecule has 2 aromatic heterocycles. The van der Waals surface area contributed by atoms with E-state index < -0.39 is 11.7 Å². The molecule has 1 N–H and O–H groups in total. The Balaban J connectivity index is 1.95. The molecule has 0 aliphatic heterocycles. The van der Waals surface area contributed by atoms with Crippen LogP contribution in [-0.4, -0.2) is 34.8 Å². The number of hydrogen-bond donors (Lipinski definition) is 1. The van der Waals surface area contributed by atoms with E-state index in [-0.39, 0.29) is 27.0 Å². The molecule has 1 aromatic carbocycles. The van der Waals surface area contributed by atoms with Gasteiger partial charge in [-0.25, -0.2) is 4.39 Å². The summed E-state index contributed by atoms with van der Waals surface area (Å²) in [4.78, 5) is 17.1. The first-order valence-electron chi connectivity index (χ1n) is 8.82. The molecule has 7 nitrogen and oxygen atoms in total. The Morgan fingerprint density at radius 3 is 2.90 bits per heavy atom. The highest BCUT2D eigenvalue weighted by atomic mass is 35.5. The lowest BCUT2D eigenvalue weighted by Crippen LogP contribution is -2.14. The minimum atomic E-state index is -0.689. The van der Waals surface area contributed by atoms with Crippen molar-refractivity contribution in [3.63, 3.8) is 0 Å². The molecule has 0 fully saturated rings. The highest BCUT2D eigenvalue weighted by Gasteiger charge is 2.23. The molecule has 0 saturated heterocycles. The maximum Gasteiger partial charge on any atom is 0.296 e. The molecule has 0 aliphatic carbocycles. The molecule has 0 bridgehead atoms.